The first kappa shape index (κ1) is 34.9. The molecule has 1 aromatic carbocycles. The van der Waals surface area contributed by atoms with E-state index in [2.05, 4.69) is 26.1 Å². The zero-order valence-corrected chi connectivity index (χ0v) is 28.0. The van der Waals surface area contributed by atoms with E-state index in [-0.39, 0.29) is 17.2 Å². The number of unbranched alkanes of at least 4 members (excludes halogenated alkanes) is 15. The summed E-state index contributed by atoms with van der Waals surface area (Å²) in [6.45, 7) is 8.86. The fourth-order valence-electron chi connectivity index (χ4n) is 6.75. The molecule has 0 fully saturated rings. The quantitative estimate of drug-likeness (QED) is 0.120. The SMILES string of the molecule is CCCCCCCCCCCCCCCCCCOC(=O)C1=C(C)NC2=C(C(=O)CC(C)(C)C2)C1c1cccc(OC)c1. The summed E-state index contributed by atoms with van der Waals surface area (Å²) >= 11 is 0. The van der Waals surface area contributed by atoms with Gasteiger partial charge in [0.2, 0.25) is 0 Å². The number of carbonyl (C=O) groups excluding carboxylic acids is 2. The Balaban J connectivity index is 1.41. The van der Waals surface area contributed by atoms with Crippen molar-refractivity contribution in [2.75, 3.05) is 13.7 Å². The van der Waals surface area contributed by atoms with E-state index >= 15 is 0 Å². The molecular weight excluding hydrogens is 534 g/mol. The minimum Gasteiger partial charge on any atom is -0.497 e. The second-order valence-electron chi connectivity index (χ2n) is 13.6. The minimum absolute atomic E-state index is 0.0992. The second-order valence-corrected chi connectivity index (χ2v) is 13.6. The lowest BCUT2D eigenvalue weighted by atomic mass is 9.68. The van der Waals surface area contributed by atoms with Gasteiger partial charge in [0.15, 0.2) is 5.78 Å². The van der Waals surface area contributed by atoms with Gasteiger partial charge in [-0.1, -0.05) is 129 Å². The largest absolute Gasteiger partial charge is 0.497 e. The molecule has 0 amide bonds. The van der Waals surface area contributed by atoms with Gasteiger partial charge >= 0.3 is 5.97 Å². The highest BCUT2D eigenvalue weighted by atomic mass is 16.5. The van der Waals surface area contributed by atoms with Crippen LogP contribution in [0.1, 0.15) is 155 Å². The van der Waals surface area contributed by atoms with Crippen LogP contribution in [0.5, 0.6) is 5.75 Å². The molecule has 5 nitrogen and oxygen atoms in total. The summed E-state index contributed by atoms with van der Waals surface area (Å²) in [5.41, 5.74) is 3.71. The third kappa shape index (κ3) is 11.1. The van der Waals surface area contributed by atoms with Gasteiger partial charge in [0.25, 0.3) is 0 Å². The van der Waals surface area contributed by atoms with Gasteiger partial charge in [-0.15, -0.1) is 0 Å². The topological polar surface area (TPSA) is 64.6 Å². The van der Waals surface area contributed by atoms with Gasteiger partial charge in [0.1, 0.15) is 5.75 Å². The average Bonchev–Trinajstić information content (AvgIpc) is 2.97. The fraction of sp³-hybridized carbons (Fsp3) is 0.684. The molecular formula is C38H59NO4. The third-order valence-electron chi connectivity index (χ3n) is 9.12. The number of esters is 1. The summed E-state index contributed by atoms with van der Waals surface area (Å²) in [6, 6.07) is 7.72. The summed E-state index contributed by atoms with van der Waals surface area (Å²) in [7, 11) is 1.63. The number of rotatable bonds is 20. The molecule has 0 saturated carbocycles. The zero-order chi connectivity index (χ0) is 31.1. The zero-order valence-electron chi connectivity index (χ0n) is 28.0. The van der Waals surface area contributed by atoms with Crippen LogP contribution < -0.4 is 10.1 Å². The molecule has 1 aliphatic heterocycles. The van der Waals surface area contributed by atoms with Crippen LogP contribution >= 0.6 is 0 Å². The number of hydrogen-bond acceptors (Lipinski definition) is 5. The monoisotopic (exact) mass is 593 g/mol. The van der Waals surface area contributed by atoms with E-state index in [9.17, 15) is 9.59 Å². The number of ketones is 1. The molecule has 5 heteroatoms. The Labute approximate surface area is 262 Å². The lowest BCUT2D eigenvalue weighted by Crippen LogP contribution is -2.38. The maximum atomic E-state index is 13.5. The van der Waals surface area contributed by atoms with Crippen molar-refractivity contribution in [3.05, 3.63) is 52.4 Å². The summed E-state index contributed by atoms with van der Waals surface area (Å²) in [6.07, 6.45) is 22.2. The predicted molar refractivity (Wildman–Crippen MR) is 177 cm³/mol. The Morgan fingerprint density at radius 2 is 1.42 bits per heavy atom. The van der Waals surface area contributed by atoms with E-state index < -0.39 is 5.92 Å². The summed E-state index contributed by atoms with van der Waals surface area (Å²) in [4.78, 5) is 27.0. The van der Waals surface area contributed by atoms with E-state index in [4.69, 9.17) is 9.47 Å². The first-order valence-corrected chi connectivity index (χ1v) is 17.3. The molecule has 0 aromatic heterocycles. The molecule has 0 saturated heterocycles. The summed E-state index contributed by atoms with van der Waals surface area (Å²) in [5.74, 6) is 0.0266. The van der Waals surface area contributed by atoms with Gasteiger partial charge in [-0.2, -0.15) is 0 Å². The number of methoxy groups -OCH3 is 1. The van der Waals surface area contributed by atoms with Gasteiger partial charge in [0, 0.05) is 29.3 Å². The summed E-state index contributed by atoms with van der Waals surface area (Å²) in [5, 5.41) is 3.43. The van der Waals surface area contributed by atoms with Crippen molar-refractivity contribution in [3.8, 4) is 5.75 Å². The second kappa shape index (κ2) is 18.3. The van der Waals surface area contributed by atoms with Crippen LogP contribution in [-0.2, 0) is 14.3 Å². The number of dihydropyridines is 1. The Morgan fingerprint density at radius 3 is 1.98 bits per heavy atom. The van der Waals surface area contributed by atoms with E-state index in [1.807, 2.05) is 31.2 Å². The lowest BCUT2D eigenvalue weighted by molar-refractivity contribution is -0.139. The molecule has 43 heavy (non-hydrogen) atoms. The molecule has 1 unspecified atom stereocenters. The molecule has 0 radical (unpaired) electrons. The van der Waals surface area contributed by atoms with Gasteiger partial charge in [-0.25, -0.2) is 4.79 Å². The van der Waals surface area contributed by atoms with Crippen molar-refractivity contribution in [2.24, 2.45) is 5.41 Å². The van der Waals surface area contributed by atoms with Crippen LogP contribution in [0, 0.1) is 5.41 Å². The molecule has 0 spiro atoms. The van der Waals surface area contributed by atoms with E-state index in [1.165, 1.54) is 89.9 Å². The highest BCUT2D eigenvalue weighted by Crippen LogP contribution is 2.47. The van der Waals surface area contributed by atoms with Gasteiger partial charge < -0.3 is 14.8 Å². The van der Waals surface area contributed by atoms with Crippen molar-refractivity contribution in [2.45, 2.75) is 149 Å². The molecule has 3 rings (SSSR count). The number of carbonyl (C=O) groups is 2. The molecule has 1 aliphatic carbocycles. The Hall–Kier alpha value is -2.56. The van der Waals surface area contributed by atoms with Crippen molar-refractivity contribution >= 4 is 11.8 Å². The Bertz CT molecular complexity index is 1100. The standard InChI is InChI=1S/C38H59NO4/c1-6-7-8-9-10-11-12-13-14-15-16-17-18-19-20-21-25-43-37(41)34-29(2)39-32-27-38(3,4)28-33(40)36(32)35(34)30-23-22-24-31(26-30)42-5/h22-24,26,35,39H,6-21,25,27-28H2,1-5H3. The van der Waals surface area contributed by atoms with Crippen LogP contribution in [0.3, 0.4) is 0 Å². The van der Waals surface area contributed by atoms with Gasteiger partial charge in [0.05, 0.1) is 19.3 Å². The van der Waals surface area contributed by atoms with E-state index in [0.717, 1.165) is 36.2 Å². The van der Waals surface area contributed by atoms with Gasteiger partial charge in [-0.3, -0.25) is 4.79 Å². The fourth-order valence-corrected chi connectivity index (χ4v) is 6.75. The first-order chi connectivity index (χ1) is 20.8. The normalized spacial score (nSPS) is 18.0. The molecule has 1 N–H and O–H groups in total. The lowest BCUT2D eigenvalue weighted by Gasteiger charge is -2.39. The molecule has 1 heterocycles. The smallest absolute Gasteiger partial charge is 0.336 e. The highest BCUT2D eigenvalue weighted by molar-refractivity contribution is 6.04. The van der Waals surface area contributed by atoms with Gasteiger partial charge in [-0.05, 0) is 42.9 Å². The van der Waals surface area contributed by atoms with Crippen molar-refractivity contribution in [1.82, 2.24) is 5.32 Å². The van der Waals surface area contributed by atoms with Crippen LogP contribution in [0.25, 0.3) is 0 Å². The Kier molecular flexibility index (Phi) is 14.9. The molecule has 0 bridgehead atoms. The molecule has 1 aromatic rings. The summed E-state index contributed by atoms with van der Waals surface area (Å²) < 4.78 is 11.3. The number of benzene rings is 1. The van der Waals surface area contributed by atoms with Crippen LogP contribution in [0.4, 0.5) is 0 Å². The van der Waals surface area contributed by atoms with Crippen LogP contribution in [0.15, 0.2) is 46.8 Å². The molecule has 2 aliphatic rings. The molecule has 240 valence electrons. The van der Waals surface area contributed by atoms with E-state index in [1.54, 1.807) is 7.11 Å². The first-order valence-electron chi connectivity index (χ1n) is 17.3. The number of Topliss-reactive ketones (excluding diaryl/α,β-unsaturated/α-hetero) is 1. The highest BCUT2D eigenvalue weighted by Gasteiger charge is 2.43. The minimum atomic E-state index is -0.451. The maximum absolute atomic E-state index is 13.5. The van der Waals surface area contributed by atoms with E-state index in [0.29, 0.717) is 29.9 Å². The van der Waals surface area contributed by atoms with Crippen LogP contribution in [0.2, 0.25) is 0 Å². The average molecular weight is 594 g/mol. The maximum Gasteiger partial charge on any atom is 0.336 e. The molecule has 1 atom stereocenters. The predicted octanol–water partition coefficient (Wildman–Crippen LogP) is 10.1. The number of hydrogen-bond donors (Lipinski definition) is 1. The number of allylic oxidation sites excluding steroid dienone is 3. The Morgan fingerprint density at radius 1 is 0.860 bits per heavy atom. The van der Waals surface area contributed by atoms with Crippen molar-refractivity contribution in [1.29, 1.82) is 0 Å². The van der Waals surface area contributed by atoms with Crippen molar-refractivity contribution in [3.63, 3.8) is 0 Å². The number of ether oxygens (including phenoxy) is 2. The van der Waals surface area contributed by atoms with Crippen LogP contribution in [-0.4, -0.2) is 25.5 Å². The number of nitrogens with one attached hydrogen (secondary N) is 1. The third-order valence-corrected chi connectivity index (χ3v) is 9.12. The van der Waals surface area contributed by atoms with Crippen molar-refractivity contribution < 1.29 is 19.1 Å².